The summed E-state index contributed by atoms with van der Waals surface area (Å²) in [6.45, 7) is 3.80. The lowest BCUT2D eigenvalue weighted by molar-refractivity contribution is 0.831. The summed E-state index contributed by atoms with van der Waals surface area (Å²) in [7, 11) is 0. The first kappa shape index (κ1) is 21.3. The molecule has 0 aliphatic carbocycles. The first-order valence-electron chi connectivity index (χ1n) is 11.1. The van der Waals surface area contributed by atoms with Crippen LogP contribution in [0.25, 0.3) is 28.3 Å². The van der Waals surface area contributed by atoms with Crippen molar-refractivity contribution in [3.8, 4) is 28.3 Å². The van der Waals surface area contributed by atoms with Gasteiger partial charge < -0.3 is 5.32 Å². The molecule has 6 aromatic rings. The first-order chi connectivity index (χ1) is 17.6. The number of hydrogen-bond donors (Lipinski definition) is 1. The maximum atomic E-state index is 4.74. The van der Waals surface area contributed by atoms with E-state index in [1.165, 1.54) is 12.7 Å². The van der Waals surface area contributed by atoms with Crippen LogP contribution in [0.4, 0.5) is 11.6 Å². The second-order valence-corrected chi connectivity index (χ2v) is 7.97. The average Bonchev–Trinajstić information content (AvgIpc) is 3.67. The van der Waals surface area contributed by atoms with Crippen molar-refractivity contribution in [1.82, 2.24) is 54.3 Å². The molecule has 0 spiro atoms. The van der Waals surface area contributed by atoms with Gasteiger partial charge in [-0.2, -0.15) is 15.3 Å². The van der Waals surface area contributed by atoms with Gasteiger partial charge in [-0.1, -0.05) is 0 Å². The molecule has 0 fully saturated rings. The van der Waals surface area contributed by atoms with Crippen LogP contribution in [0, 0.1) is 13.8 Å². The van der Waals surface area contributed by atoms with Gasteiger partial charge in [-0.05, 0) is 62.4 Å². The van der Waals surface area contributed by atoms with Crippen molar-refractivity contribution in [2.75, 3.05) is 5.32 Å². The normalized spacial score (nSPS) is 11.1. The zero-order valence-corrected chi connectivity index (χ0v) is 19.4. The van der Waals surface area contributed by atoms with Crippen molar-refractivity contribution in [3.63, 3.8) is 0 Å². The minimum Gasteiger partial charge on any atom is -0.324 e. The van der Waals surface area contributed by atoms with Gasteiger partial charge in [0.2, 0.25) is 5.95 Å². The molecule has 1 N–H and O–H groups in total. The van der Waals surface area contributed by atoms with Crippen LogP contribution in [-0.2, 0) is 0 Å². The summed E-state index contributed by atoms with van der Waals surface area (Å²) in [5, 5.41) is 16.2. The van der Waals surface area contributed by atoms with Crippen molar-refractivity contribution in [1.29, 1.82) is 0 Å². The molecule has 0 atom stereocenters. The van der Waals surface area contributed by atoms with Gasteiger partial charge in [-0.15, -0.1) is 0 Å². The Hall–Kier alpha value is -5.26. The molecular weight excluding hydrogens is 456 g/mol. The number of aryl methyl sites for hydroxylation is 2. The Morgan fingerprint density at radius 3 is 2.03 bits per heavy atom. The first-order valence-corrected chi connectivity index (χ1v) is 11.1. The van der Waals surface area contributed by atoms with Crippen LogP contribution in [0.1, 0.15) is 11.6 Å². The lowest BCUT2D eigenvalue weighted by atomic mass is 10.1. The predicted molar refractivity (Wildman–Crippen MR) is 131 cm³/mol. The Morgan fingerprint density at radius 2 is 1.44 bits per heavy atom. The van der Waals surface area contributed by atoms with Gasteiger partial charge in [0.05, 0.1) is 22.8 Å². The second kappa shape index (κ2) is 8.83. The number of rotatable bonds is 6. The topological polar surface area (TPSA) is 130 Å². The highest BCUT2D eigenvalue weighted by Gasteiger charge is 2.11. The van der Waals surface area contributed by atoms with Crippen molar-refractivity contribution in [3.05, 3.63) is 91.7 Å². The molecule has 176 valence electrons. The highest BCUT2D eigenvalue weighted by Crippen LogP contribution is 2.25. The molecule has 0 aliphatic rings. The van der Waals surface area contributed by atoms with E-state index in [4.69, 9.17) is 4.98 Å². The van der Waals surface area contributed by atoms with E-state index in [0.29, 0.717) is 5.95 Å². The molecule has 4 aromatic heterocycles. The van der Waals surface area contributed by atoms with E-state index >= 15 is 0 Å². The van der Waals surface area contributed by atoms with Gasteiger partial charge in [-0.25, -0.2) is 39.0 Å². The number of nitrogens with zero attached hydrogens (tertiary/aromatic N) is 11. The SMILES string of the molecule is Cc1nc(C)n(-c2ccc(Nc3nccc(-c4cc(-n5cncn5)cc(-n5cncn5)c4)n3)cc2)n1. The Labute approximate surface area is 205 Å². The largest absolute Gasteiger partial charge is 0.324 e. The fraction of sp³-hybridized carbons (Fsp3) is 0.0833. The van der Waals surface area contributed by atoms with Gasteiger partial charge in [-0.3, -0.25) is 0 Å². The van der Waals surface area contributed by atoms with Crippen LogP contribution in [0.2, 0.25) is 0 Å². The number of benzene rings is 2. The summed E-state index contributed by atoms with van der Waals surface area (Å²) in [5.74, 6) is 2.05. The molecule has 0 bridgehead atoms. The smallest absolute Gasteiger partial charge is 0.227 e. The summed E-state index contributed by atoms with van der Waals surface area (Å²) >= 11 is 0. The van der Waals surface area contributed by atoms with Crippen LogP contribution < -0.4 is 5.32 Å². The Balaban J connectivity index is 1.31. The van der Waals surface area contributed by atoms with Crippen molar-refractivity contribution >= 4 is 11.6 Å². The summed E-state index contributed by atoms with van der Waals surface area (Å²) in [5.41, 5.74) is 5.02. The molecule has 0 amide bonds. The summed E-state index contributed by atoms with van der Waals surface area (Å²) in [4.78, 5) is 21.6. The van der Waals surface area contributed by atoms with Gasteiger partial charge >= 0.3 is 0 Å². The Bertz CT molecular complexity index is 1560. The van der Waals surface area contributed by atoms with E-state index in [0.717, 1.165) is 45.7 Å². The molecule has 12 nitrogen and oxygen atoms in total. The third-order valence-electron chi connectivity index (χ3n) is 5.46. The van der Waals surface area contributed by atoms with Crippen molar-refractivity contribution in [2.45, 2.75) is 13.8 Å². The summed E-state index contributed by atoms with van der Waals surface area (Å²) in [6, 6.07) is 15.6. The van der Waals surface area contributed by atoms with Crippen LogP contribution >= 0.6 is 0 Å². The van der Waals surface area contributed by atoms with Gasteiger partial charge in [0, 0.05) is 17.4 Å². The van der Waals surface area contributed by atoms with E-state index in [9.17, 15) is 0 Å². The standard InChI is InChI=1S/C24H20N12/c1-16-30-17(2)36(33-16)20-5-3-19(4-6-20)31-24-27-8-7-23(32-24)18-9-21(34-14-25-12-28-34)11-22(10-18)35-15-26-13-29-35/h3-15H,1-2H3,(H,27,31,32). The Kier molecular flexibility index (Phi) is 5.22. The highest BCUT2D eigenvalue weighted by molar-refractivity contribution is 5.67. The predicted octanol–water partition coefficient (Wildman–Crippen LogP) is 3.25. The maximum absolute atomic E-state index is 4.74. The molecule has 0 saturated carbocycles. The third-order valence-corrected chi connectivity index (χ3v) is 5.46. The van der Waals surface area contributed by atoms with Crippen molar-refractivity contribution < 1.29 is 0 Å². The number of aromatic nitrogens is 11. The molecule has 0 radical (unpaired) electrons. The monoisotopic (exact) mass is 476 g/mol. The van der Waals surface area contributed by atoms with E-state index < -0.39 is 0 Å². The van der Waals surface area contributed by atoms with E-state index in [1.54, 1.807) is 28.2 Å². The molecule has 36 heavy (non-hydrogen) atoms. The summed E-state index contributed by atoms with van der Waals surface area (Å²) in [6.07, 6.45) is 7.99. The maximum Gasteiger partial charge on any atom is 0.227 e. The fourth-order valence-corrected chi connectivity index (χ4v) is 3.85. The molecular formula is C24H20N12. The minimum atomic E-state index is 0.474. The minimum absolute atomic E-state index is 0.474. The lowest BCUT2D eigenvalue weighted by Gasteiger charge is -2.11. The van der Waals surface area contributed by atoms with Crippen LogP contribution in [0.15, 0.2) is 80.0 Å². The lowest BCUT2D eigenvalue weighted by Crippen LogP contribution is -2.02. The van der Waals surface area contributed by atoms with E-state index in [2.05, 4.69) is 40.5 Å². The molecule has 6 rings (SSSR count). The molecule has 4 heterocycles. The molecule has 2 aromatic carbocycles. The molecule has 0 aliphatic heterocycles. The zero-order chi connectivity index (χ0) is 24.5. The van der Waals surface area contributed by atoms with Gasteiger partial charge in [0.15, 0.2) is 0 Å². The molecule has 0 saturated heterocycles. The van der Waals surface area contributed by atoms with Crippen molar-refractivity contribution in [2.24, 2.45) is 0 Å². The summed E-state index contributed by atoms with van der Waals surface area (Å²) < 4.78 is 5.18. The van der Waals surface area contributed by atoms with Crippen LogP contribution in [0.5, 0.6) is 0 Å². The van der Waals surface area contributed by atoms with Gasteiger partial charge in [0.25, 0.3) is 0 Å². The van der Waals surface area contributed by atoms with Gasteiger partial charge in [0.1, 0.15) is 37.0 Å². The quantitative estimate of drug-likeness (QED) is 0.385. The molecule has 0 unspecified atom stereocenters. The highest BCUT2D eigenvalue weighted by atomic mass is 15.3. The molecule has 12 heteroatoms. The van der Waals surface area contributed by atoms with E-state index in [1.807, 2.05) is 67.1 Å². The zero-order valence-electron chi connectivity index (χ0n) is 19.4. The van der Waals surface area contributed by atoms with Crippen LogP contribution in [0.3, 0.4) is 0 Å². The average molecular weight is 477 g/mol. The third kappa shape index (κ3) is 4.18. The fourth-order valence-electron chi connectivity index (χ4n) is 3.85. The van der Waals surface area contributed by atoms with E-state index in [-0.39, 0.29) is 0 Å². The second-order valence-electron chi connectivity index (χ2n) is 7.97. The van der Waals surface area contributed by atoms with Crippen LogP contribution in [-0.4, -0.2) is 54.3 Å². The number of hydrogen-bond acceptors (Lipinski definition) is 9. The Morgan fingerprint density at radius 1 is 0.750 bits per heavy atom. The number of anilines is 2. The number of nitrogens with one attached hydrogen (secondary N) is 1.